The lowest BCUT2D eigenvalue weighted by atomic mass is 10.0. The van der Waals surface area contributed by atoms with Crippen LogP contribution in [-0.4, -0.2) is 135 Å². The molecule has 0 aliphatic carbocycles. The highest BCUT2D eigenvalue weighted by Crippen LogP contribution is 2.25. The Labute approximate surface area is 481 Å². The Morgan fingerprint density at radius 1 is 0.728 bits per heavy atom. The van der Waals surface area contributed by atoms with Gasteiger partial charge in [0.25, 0.3) is 0 Å². The van der Waals surface area contributed by atoms with Gasteiger partial charge < -0.3 is 64.5 Å². The highest BCUT2D eigenvalue weighted by Gasteiger charge is 2.37. The molecule has 0 bridgehead atoms. The lowest BCUT2D eigenvalue weighted by Gasteiger charge is -2.29. The molecule has 9 atom stereocenters. The van der Waals surface area contributed by atoms with Crippen molar-refractivity contribution in [2.75, 3.05) is 18.1 Å². The van der Waals surface area contributed by atoms with E-state index in [2.05, 4.69) is 47.2 Å². The van der Waals surface area contributed by atoms with Crippen molar-refractivity contribution < 1.29 is 43.5 Å². The van der Waals surface area contributed by atoms with Gasteiger partial charge in [0, 0.05) is 64.8 Å². The first kappa shape index (κ1) is 61.1. The maximum atomic E-state index is 14.8. The Morgan fingerprint density at radius 2 is 1.38 bits per heavy atom. The van der Waals surface area contributed by atoms with Gasteiger partial charge in [-0.2, -0.15) is 0 Å². The minimum atomic E-state index is -1.70. The van der Waals surface area contributed by atoms with E-state index in [0.717, 1.165) is 43.3 Å². The van der Waals surface area contributed by atoms with Gasteiger partial charge in [-0.25, -0.2) is 0 Å². The fraction of sp³-hybridized carbons (Fsp3) is 0.351. The molecule has 1 aliphatic heterocycles. The number of H-pyrrole nitrogens is 1. The summed E-state index contributed by atoms with van der Waals surface area (Å²) in [6, 6.07) is 21.0. The number of benzene rings is 4. The molecule has 4 aromatic carbocycles. The van der Waals surface area contributed by atoms with Crippen LogP contribution < -0.4 is 54.4 Å². The van der Waals surface area contributed by atoms with E-state index in [9.17, 15) is 43.5 Å². The predicted molar refractivity (Wildman–Crippen MR) is 313 cm³/mol. The zero-order valence-electron chi connectivity index (χ0n) is 44.4. The Balaban J connectivity index is 1.24. The minimum Gasteiger partial charge on any atom is -0.391 e. The lowest BCUT2D eigenvalue weighted by Crippen LogP contribution is -2.62. The molecular weight excluding hydrogens is 1100 g/mol. The number of nitrogens with zero attached hydrogens (tertiary/aromatic N) is 1. The van der Waals surface area contributed by atoms with Crippen molar-refractivity contribution in [1.29, 1.82) is 0 Å². The van der Waals surface area contributed by atoms with E-state index < -0.39 is 102 Å². The van der Waals surface area contributed by atoms with E-state index in [1.54, 1.807) is 54.7 Å². The number of halogens is 1. The molecule has 81 heavy (non-hydrogen) atoms. The van der Waals surface area contributed by atoms with E-state index in [1.165, 1.54) is 13.1 Å². The van der Waals surface area contributed by atoms with E-state index in [0.29, 0.717) is 40.2 Å². The third-order valence-corrected chi connectivity index (χ3v) is 16.3. The Morgan fingerprint density at radius 3 is 2.10 bits per heavy atom. The SMILES string of the molecule is C[C@@H](O)[C@@H]1NC(=O)[C@H](CCCCN)NC(=O)[C@@H](Cc2c[nH]c3ccccc23)NC(=O)[C@@H](Cc2ccccn2)NC(=O)[C@@H](NC(=O)[C@@H](N)Cc2ccc(Cl)cc2)CSSC[C@@H](C(=O)N[C@@H](Cc2ccc3ccccc3c2)C(N)=O)NC1=O. The second-order valence-corrected chi connectivity index (χ2v) is 22.8. The number of rotatable bonds is 18. The number of para-hydroxylation sites is 1. The third kappa shape index (κ3) is 17.7. The zero-order valence-corrected chi connectivity index (χ0v) is 46.8. The van der Waals surface area contributed by atoms with Crippen molar-refractivity contribution in [3.63, 3.8) is 0 Å². The summed E-state index contributed by atoms with van der Waals surface area (Å²) in [5.74, 6) is -7.21. The van der Waals surface area contributed by atoms with E-state index in [4.69, 9.17) is 28.8 Å². The van der Waals surface area contributed by atoms with Gasteiger partial charge in [0.15, 0.2) is 0 Å². The van der Waals surface area contributed by atoms with Crippen LogP contribution in [-0.2, 0) is 64.0 Å². The van der Waals surface area contributed by atoms with Gasteiger partial charge in [0.2, 0.25) is 47.3 Å². The van der Waals surface area contributed by atoms with Crippen molar-refractivity contribution in [2.45, 2.75) is 106 Å². The summed E-state index contributed by atoms with van der Waals surface area (Å²) in [6.07, 6.45) is 2.19. The standard InChI is InChI=1S/C57H67ClN12O9S2/c1-32(71)49-57(79)69-48(55(77)65-44(50(61)72)26-34-16-19-35-10-2-3-11-36(35)24-34)31-81-80-30-47(68-51(73)41(60)25-33-17-20-38(58)21-18-33)56(78)67-46(28-39-12-7-9-23-62-39)54(76)66-45(27-37-29-63-42-14-5-4-13-40(37)42)53(75)64-43(52(74)70-49)15-6-8-22-59/h2-5,7,9-14,16-21,23-24,29,32,41,43-49,63,71H,6,8,15,22,25-28,30-31,59-60H2,1H3,(H2,61,72)(H,64,75)(H,65,77)(H,66,76)(H,67,78)(H,68,73)(H,69,79)(H,70,74)/t32-,41+,43+,44+,45-,46-,47+,48+,49+/m1/s1. The molecule has 2 aromatic heterocycles. The number of nitrogens with one attached hydrogen (secondary N) is 8. The Kier molecular flexibility index (Phi) is 22.5. The number of nitrogens with two attached hydrogens (primary N) is 3. The molecule has 0 unspecified atom stereocenters. The molecule has 428 valence electrons. The highest BCUT2D eigenvalue weighted by atomic mass is 35.5. The zero-order chi connectivity index (χ0) is 58.0. The van der Waals surface area contributed by atoms with Crippen LogP contribution in [0.3, 0.4) is 0 Å². The van der Waals surface area contributed by atoms with Gasteiger partial charge >= 0.3 is 0 Å². The Hall–Kier alpha value is -7.54. The number of carbonyl (C=O) groups excluding carboxylic acids is 8. The number of amides is 8. The molecule has 0 saturated carbocycles. The predicted octanol–water partition coefficient (Wildman–Crippen LogP) is 1.75. The molecule has 1 aliphatic rings. The van der Waals surface area contributed by atoms with Crippen LogP contribution >= 0.6 is 33.2 Å². The maximum absolute atomic E-state index is 14.8. The van der Waals surface area contributed by atoms with Crippen LogP contribution in [0.2, 0.25) is 5.02 Å². The summed E-state index contributed by atoms with van der Waals surface area (Å²) in [5, 5.41) is 33.1. The number of aromatic nitrogens is 2. The highest BCUT2D eigenvalue weighted by molar-refractivity contribution is 8.76. The van der Waals surface area contributed by atoms with Crippen molar-refractivity contribution in [1.82, 2.24) is 47.2 Å². The van der Waals surface area contributed by atoms with E-state index in [-0.39, 0.29) is 50.2 Å². The summed E-state index contributed by atoms with van der Waals surface area (Å²) in [5.41, 5.74) is 21.3. The summed E-state index contributed by atoms with van der Waals surface area (Å²) >= 11 is 6.10. The summed E-state index contributed by atoms with van der Waals surface area (Å²) in [7, 11) is 2.02. The number of hydrogen-bond acceptors (Lipinski definition) is 14. The molecule has 15 N–H and O–H groups in total. The average molecular weight is 1160 g/mol. The quantitative estimate of drug-likeness (QED) is 0.0431. The third-order valence-electron chi connectivity index (χ3n) is 13.6. The van der Waals surface area contributed by atoms with Gasteiger partial charge in [0.1, 0.15) is 42.3 Å². The molecule has 3 heterocycles. The van der Waals surface area contributed by atoms with Gasteiger partial charge in [0.05, 0.1) is 12.1 Å². The van der Waals surface area contributed by atoms with Crippen LogP contribution in [0, 0.1) is 0 Å². The molecule has 1 fully saturated rings. The number of aliphatic hydroxyl groups is 1. The van der Waals surface area contributed by atoms with Crippen LogP contribution in [0.1, 0.15) is 48.6 Å². The smallest absolute Gasteiger partial charge is 0.245 e. The first-order valence-electron chi connectivity index (χ1n) is 26.4. The molecule has 21 nitrogen and oxygen atoms in total. The van der Waals surface area contributed by atoms with Gasteiger partial charge in [-0.15, -0.1) is 0 Å². The second-order valence-electron chi connectivity index (χ2n) is 19.8. The van der Waals surface area contributed by atoms with Crippen molar-refractivity contribution in [3.8, 4) is 0 Å². The van der Waals surface area contributed by atoms with Crippen LogP contribution in [0.4, 0.5) is 0 Å². The molecule has 0 spiro atoms. The summed E-state index contributed by atoms with van der Waals surface area (Å²) in [4.78, 5) is 122. The van der Waals surface area contributed by atoms with Gasteiger partial charge in [-0.05, 0) is 96.9 Å². The van der Waals surface area contributed by atoms with E-state index >= 15 is 0 Å². The second kappa shape index (κ2) is 29.8. The van der Waals surface area contributed by atoms with Crippen LogP contribution in [0.15, 0.2) is 122 Å². The number of pyridine rings is 1. The number of primary amides is 1. The molecule has 6 aromatic rings. The summed E-state index contributed by atoms with van der Waals surface area (Å²) in [6.45, 7) is 1.51. The molecule has 24 heteroatoms. The minimum absolute atomic E-state index is 0.0100. The largest absolute Gasteiger partial charge is 0.391 e. The maximum Gasteiger partial charge on any atom is 0.245 e. The molecule has 1 saturated heterocycles. The number of fused-ring (bicyclic) bond motifs is 2. The number of aromatic amines is 1. The molecule has 7 rings (SSSR count). The molecular formula is C57H67ClN12O9S2. The lowest BCUT2D eigenvalue weighted by molar-refractivity contribution is -0.136. The van der Waals surface area contributed by atoms with Crippen molar-refractivity contribution >= 4 is 102 Å². The fourth-order valence-electron chi connectivity index (χ4n) is 9.11. The van der Waals surface area contributed by atoms with Gasteiger partial charge in [-0.1, -0.05) is 112 Å². The number of aliphatic hydroxyl groups excluding tert-OH is 1. The molecule has 8 amide bonds. The number of unbranched alkanes of at least 4 members (excludes halogenated alkanes) is 1. The molecule has 0 radical (unpaired) electrons. The average Bonchev–Trinajstić information content (AvgIpc) is 3.91. The van der Waals surface area contributed by atoms with Crippen LogP contribution in [0.5, 0.6) is 0 Å². The normalized spacial score (nSPS) is 21.0. The Bertz CT molecular complexity index is 3170. The van der Waals surface area contributed by atoms with Gasteiger partial charge in [-0.3, -0.25) is 43.3 Å². The number of carbonyl (C=O) groups is 8. The fourth-order valence-corrected chi connectivity index (χ4v) is 11.6. The van der Waals surface area contributed by atoms with E-state index in [1.807, 2.05) is 60.7 Å². The number of hydrogen-bond donors (Lipinski definition) is 12. The van der Waals surface area contributed by atoms with Crippen molar-refractivity contribution in [2.24, 2.45) is 17.2 Å². The first-order valence-corrected chi connectivity index (χ1v) is 29.3. The monoisotopic (exact) mass is 1160 g/mol. The topological polar surface area (TPSA) is 348 Å². The summed E-state index contributed by atoms with van der Waals surface area (Å²) < 4.78 is 0. The van der Waals surface area contributed by atoms with Crippen molar-refractivity contribution in [3.05, 3.63) is 149 Å². The van der Waals surface area contributed by atoms with Crippen LogP contribution in [0.25, 0.3) is 21.7 Å². The first-order chi connectivity index (χ1) is 39.0.